The first-order valence-corrected chi connectivity index (χ1v) is 5.89. The molecule has 0 amide bonds. The Hall–Kier alpha value is -1.94. The van der Waals surface area contributed by atoms with Gasteiger partial charge in [-0.3, -0.25) is 0 Å². The van der Waals surface area contributed by atoms with Crippen LogP contribution in [0.5, 0.6) is 17.4 Å². The number of halogens is 1. The molecule has 0 unspecified atom stereocenters. The third kappa shape index (κ3) is 2.84. The van der Waals surface area contributed by atoms with E-state index in [1.165, 1.54) is 0 Å². The second kappa shape index (κ2) is 5.60. The number of ether oxygens (including phenoxy) is 2. The Labute approximate surface area is 110 Å². The van der Waals surface area contributed by atoms with Crippen molar-refractivity contribution >= 4 is 17.3 Å². The van der Waals surface area contributed by atoms with E-state index in [2.05, 4.69) is 4.98 Å². The van der Waals surface area contributed by atoms with Crippen molar-refractivity contribution < 1.29 is 9.47 Å². The molecule has 2 aromatic rings. The summed E-state index contributed by atoms with van der Waals surface area (Å²) in [5.41, 5.74) is 6.30. The molecule has 1 heterocycles. The molecular weight excluding hydrogens is 252 g/mol. The first kappa shape index (κ1) is 12.5. The zero-order valence-electron chi connectivity index (χ0n) is 9.89. The van der Waals surface area contributed by atoms with Gasteiger partial charge in [0, 0.05) is 17.3 Å². The molecule has 18 heavy (non-hydrogen) atoms. The number of benzene rings is 1. The van der Waals surface area contributed by atoms with Crippen molar-refractivity contribution in [1.29, 1.82) is 0 Å². The van der Waals surface area contributed by atoms with Crippen LogP contribution in [0, 0.1) is 0 Å². The van der Waals surface area contributed by atoms with Crippen molar-refractivity contribution in [1.82, 2.24) is 4.98 Å². The number of nitrogens with zero attached hydrogens (tertiary/aromatic N) is 1. The summed E-state index contributed by atoms with van der Waals surface area (Å²) in [6.45, 7) is 2.43. The molecule has 0 bridgehead atoms. The number of anilines is 1. The van der Waals surface area contributed by atoms with Crippen LogP contribution in [-0.4, -0.2) is 11.6 Å². The number of nitrogens with two attached hydrogens (primary N) is 1. The smallest absolute Gasteiger partial charge is 0.262 e. The molecule has 4 nitrogen and oxygen atoms in total. The number of hydrogen-bond donors (Lipinski definition) is 1. The fourth-order valence-electron chi connectivity index (χ4n) is 1.42. The highest BCUT2D eigenvalue weighted by Crippen LogP contribution is 2.33. The molecule has 94 valence electrons. The fraction of sp³-hybridized carbons (Fsp3) is 0.154. The Morgan fingerprint density at radius 3 is 2.89 bits per heavy atom. The molecular formula is C13H13ClN2O2. The van der Waals surface area contributed by atoms with Crippen molar-refractivity contribution in [3.8, 4) is 17.4 Å². The Balaban J connectivity index is 2.30. The van der Waals surface area contributed by atoms with E-state index in [-0.39, 0.29) is 0 Å². The number of rotatable bonds is 4. The monoisotopic (exact) mass is 264 g/mol. The molecule has 0 spiro atoms. The van der Waals surface area contributed by atoms with E-state index < -0.39 is 0 Å². The lowest BCUT2D eigenvalue weighted by Crippen LogP contribution is -1.98. The van der Waals surface area contributed by atoms with E-state index in [0.717, 1.165) is 0 Å². The van der Waals surface area contributed by atoms with Crippen LogP contribution in [0.4, 0.5) is 5.69 Å². The zero-order valence-corrected chi connectivity index (χ0v) is 10.6. The molecule has 0 atom stereocenters. The summed E-state index contributed by atoms with van der Waals surface area (Å²) in [7, 11) is 0. The van der Waals surface area contributed by atoms with Crippen LogP contribution < -0.4 is 15.2 Å². The van der Waals surface area contributed by atoms with Crippen LogP contribution in [0.3, 0.4) is 0 Å². The molecule has 0 radical (unpaired) electrons. The van der Waals surface area contributed by atoms with Gasteiger partial charge in [-0.15, -0.1) is 0 Å². The average Bonchev–Trinajstić information content (AvgIpc) is 2.36. The summed E-state index contributed by atoms with van der Waals surface area (Å²) in [5.74, 6) is 1.40. The number of nitrogen functional groups attached to an aromatic ring is 1. The lowest BCUT2D eigenvalue weighted by atomic mass is 10.3. The second-order valence-electron chi connectivity index (χ2n) is 3.52. The maximum Gasteiger partial charge on any atom is 0.262 e. The highest BCUT2D eigenvalue weighted by atomic mass is 35.5. The van der Waals surface area contributed by atoms with E-state index in [4.69, 9.17) is 26.8 Å². The van der Waals surface area contributed by atoms with Crippen LogP contribution in [0.1, 0.15) is 6.92 Å². The van der Waals surface area contributed by atoms with Gasteiger partial charge in [-0.1, -0.05) is 11.6 Å². The first-order chi connectivity index (χ1) is 8.70. The van der Waals surface area contributed by atoms with Crippen molar-refractivity contribution in [3.63, 3.8) is 0 Å². The number of hydrogen-bond acceptors (Lipinski definition) is 4. The summed E-state index contributed by atoms with van der Waals surface area (Å²) >= 11 is 5.90. The predicted octanol–water partition coefficient (Wildman–Crippen LogP) is 3.51. The van der Waals surface area contributed by atoms with E-state index in [1.54, 1.807) is 36.5 Å². The van der Waals surface area contributed by atoms with E-state index in [9.17, 15) is 0 Å². The van der Waals surface area contributed by atoms with E-state index in [1.807, 2.05) is 6.92 Å². The Morgan fingerprint density at radius 2 is 2.11 bits per heavy atom. The molecule has 0 aliphatic heterocycles. The summed E-state index contributed by atoms with van der Waals surface area (Å²) in [4.78, 5) is 4.12. The van der Waals surface area contributed by atoms with Gasteiger partial charge in [0.1, 0.15) is 0 Å². The van der Waals surface area contributed by atoms with Gasteiger partial charge in [-0.05, 0) is 31.2 Å². The van der Waals surface area contributed by atoms with E-state index in [0.29, 0.717) is 34.7 Å². The minimum Gasteiger partial charge on any atom is -0.488 e. The van der Waals surface area contributed by atoms with Crippen LogP contribution in [0.2, 0.25) is 5.02 Å². The molecule has 1 aromatic carbocycles. The van der Waals surface area contributed by atoms with Gasteiger partial charge in [-0.25, -0.2) is 4.98 Å². The van der Waals surface area contributed by atoms with Gasteiger partial charge in [0.05, 0.1) is 12.3 Å². The molecule has 2 N–H and O–H groups in total. The van der Waals surface area contributed by atoms with Crippen molar-refractivity contribution in [2.24, 2.45) is 0 Å². The Bertz CT molecular complexity index is 546. The molecule has 1 aromatic heterocycles. The van der Waals surface area contributed by atoms with Crippen molar-refractivity contribution in [3.05, 3.63) is 41.6 Å². The van der Waals surface area contributed by atoms with Gasteiger partial charge in [0.15, 0.2) is 11.5 Å². The maximum absolute atomic E-state index is 5.90. The zero-order chi connectivity index (χ0) is 13.0. The third-order valence-corrected chi connectivity index (χ3v) is 2.45. The van der Waals surface area contributed by atoms with Crippen LogP contribution in [0.25, 0.3) is 0 Å². The van der Waals surface area contributed by atoms with Crippen LogP contribution >= 0.6 is 11.6 Å². The normalized spacial score (nSPS) is 10.1. The van der Waals surface area contributed by atoms with E-state index >= 15 is 0 Å². The highest BCUT2D eigenvalue weighted by molar-refractivity contribution is 6.30. The highest BCUT2D eigenvalue weighted by Gasteiger charge is 2.09. The molecule has 2 rings (SSSR count). The van der Waals surface area contributed by atoms with Gasteiger partial charge < -0.3 is 15.2 Å². The molecule has 0 aliphatic carbocycles. The quantitative estimate of drug-likeness (QED) is 0.859. The third-order valence-electron chi connectivity index (χ3n) is 2.22. The topological polar surface area (TPSA) is 57.4 Å². The van der Waals surface area contributed by atoms with Gasteiger partial charge in [0.2, 0.25) is 0 Å². The summed E-state index contributed by atoms with van der Waals surface area (Å²) in [6.07, 6.45) is 1.62. The van der Waals surface area contributed by atoms with Gasteiger partial charge >= 0.3 is 0 Å². The molecule has 5 heteroatoms. The lowest BCUT2D eigenvalue weighted by Gasteiger charge is -2.11. The van der Waals surface area contributed by atoms with Crippen LogP contribution in [0.15, 0.2) is 36.5 Å². The standard InChI is InChI=1S/C13H13ClN2O2/c1-2-17-11-4-3-7-16-13(11)18-12-8-9(14)5-6-10(12)15/h3-8H,2,15H2,1H3. The SMILES string of the molecule is CCOc1cccnc1Oc1cc(Cl)ccc1N. The average molecular weight is 265 g/mol. The van der Waals surface area contributed by atoms with Gasteiger partial charge in [0.25, 0.3) is 5.88 Å². The first-order valence-electron chi connectivity index (χ1n) is 5.51. The molecule has 0 aliphatic rings. The summed E-state index contributed by atoms with van der Waals surface area (Å²) in [6, 6.07) is 8.58. The maximum atomic E-state index is 5.90. The number of pyridine rings is 1. The summed E-state index contributed by atoms with van der Waals surface area (Å²) < 4.78 is 11.0. The van der Waals surface area contributed by atoms with Gasteiger partial charge in [-0.2, -0.15) is 0 Å². The molecule has 0 fully saturated rings. The lowest BCUT2D eigenvalue weighted by molar-refractivity contribution is 0.316. The molecule has 0 saturated heterocycles. The van der Waals surface area contributed by atoms with Crippen molar-refractivity contribution in [2.45, 2.75) is 6.92 Å². The second-order valence-corrected chi connectivity index (χ2v) is 3.96. The largest absolute Gasteiger partial charge is 0.488 e. The minimum atomic E-state index is 0.369. The number of aromatic nitrogens is 1. The predicted molar refractivity (Wildman–Crippen MR) is 71.3 cm³/mol. The Morgan fingerprint density at radius 1 is 1.28 bits per heavy atom. The fourth-order valence-corrected chi connectivity index (χ4v) is 1.58. The van der Waals surface area contributed by atoms with Crippen LogP contribution in [-0.2, 0) is 0 Å². The Kier molecular flexibility index (Phi) is 3.89. The molecule has 0 saturated carbocycles. The van der Waals surface area contributed by atoms with Crippen molar-refractivity contribution in [2.75, 3.05) is 12.3 Å². The minimum absolute atomic E-state index is 0.369. The summed E-state index contributed by atoms with van der Waals surface area (Å²) in [5, 5.41) is 0.549.